The number of carbonyl (C=O) groups excluding carboxylic acids is 1. The zero-order valence-corrected chi connectivity index (χ0v) is 11.7. The van der Waals surface area contributed by atoms with Crippen LogP contribution < -0.4 is 0 Å². The first kappa shape index (κ1) is 13.9. The average Bonchev–Trinajstić information content (AvgIpc) is 2.84. The van der Waals surface area contributed by atoms with Crippen LogP contribution in [0.4, 0.5) is 0 Å². The molecule has 0 aromatic heterocycles. The second-order valence-corrected chi connectivity index (χ2v) is 5.15. The van der Waals surface area contributed by atoms with Crippen LogP contribution in [0.5, 0.6) is 5.75 Å². The number of hydrogen-bond acceptors (Lipinski definition) is 4. The molecule has 2 aromatic rings. The Bertz CT molecular complexity index is 769. The van der Waals surface area contributed by atoms with Gasteiger partial charge < -0.3 is 9.84 Å². The predicted molar refractivity (Wildman–Crippen MR) is 80.0 cm³/mol. The van der Waals surface area contributed by atoms with Crippen molar-refractivity contribution >= 4 is 5.97 Å². The van der Waals surface area contributed by atoms with E-state index in [0.717, 1.165) is 11.1 Å². The second kappa shape index (κ2) is 5.38. The Hall–Kier alpha value is -3.06. The number of nitriles is 1. The maximum atomic E-state index is 11.9. The van der Waals surface area contributed by atoms with E-state index in [4.69, 9.17) is 10.00 Å². The molecule has 1 saturated heterocycles. The molecule has 3 rings (SSSR count). The maximum absolute atomic E-state index is 11.9. The van der Waals surface area contributed by atoms with Gasteiger partial charge in [0, 0.05) is 5.57 Å². The van der Waals surface area contributed by atoms with Crippen LogP contribution in [0.3, 0.4) is 0 Å². The highest BCUT2D eigenvalue weighted by Crippen LogP contribution is 2.45. The molecule has 0 amide bonds. The summed E-state index contributed by atoms with van der Waals surface area (Å²) in [5.41, 5.74) is 2.61. The molecule has 1 aliphatic rings. The minimum Gasteiger partial charge on any atom is -0.508 e. The van der Waals surface area contributed by atoms with Gasteiger partial charge in [0.15, 0.2) is 0 Å². The number of carbonyl (C=O) groups is 1. The Kier molecular flexibility index (Phi) is 3.40. The summed E-state index contributed by atoms with van der Waals surface area (Å²) < 4.78 is 5.44. The van der Waals surface area contributed by atoms with Gasteiger partial charge in [0.25, 0.3) is 0 Å². The molecule has 0 aliphatic carbocycles. The summed E-state index contributed by atoms with van der Waals surface area (Å²) in [7, 11) is 0. The van der Waals surface area contributed by atoms with Gasteiger partial charge in [-0.05, 0) is 35.4 Å². The third-order valence-electron chi connectivity index (χ3n) is 3.79. The van der Waals surface area contributed by atoms with Crippen molar-refractivity contribution < 1.29 is 14.6 Å². The fourth-order valence-corrected chi connectivity index (χ4v) is 2.63. The van der Waals surface area contributed by atoms with Crippen molar-refractivity contribution in [3.63, 3.8) is 0 Å². The maximum Gasteiger partial charge on any atom is 0.334 e. The Morgan fingerprint density at radius 2 is 1.64 bits per heavy atom. The summed E-state index contributed by atoms with van der Waals surface area (Å²) in [4.78, 5) is 11.9. The molecule has 2 aromatic carbocycles. The molecule has 0 saturated carbocycles. The zero-order chi connectivity index (χ0) is 15.7. The van der Waals surface area contributed by atoms with Crippen molar-refractivity contribution in [3.05, 3.63) is 77.4 Å². The van der Waals surface area contributed by atoms with Crippen LogP contribution in [-0.4, -0.2) is 11.1 Å². The SMILES string of the molecule is C=C1C(=O)O[C@H](c2ccc(O)cc2)[C@@H]1c1ccc(C#N)cc1. The first-order valence-electron chi connectivity index (χ1n) is 6.79. The molecule has 0 radical (unpaired) electrons. The summed E-state index contributed by atoms with van der Waals surface area (Å²) in [6.07, 6.45) is -0.478. The predicted octanol–water partition coefficient (Wildman–Crippen LogP) is 3.20. The van der Waals surface area contributed by atoms with E-state index in [0.29, 0.717) is 11.1 Å². The molecule has 2 atom stereocenters. The number of benzene rings is 2. The molecule has 1 heterocycles. The summed E-state index contributed by atoms with van der Waals surface area (Å²) >= 11 is 0. The molecule has 0 bridgehead atoms. The smallest absolute Gasteiger partial charge is 0.334 e. The van der Waals surface area contributed by atoms with Gasteiger partial charge in [-0.3, -0.25) is 0 Å². The van der Waals surface area contributed by atoms with Crippen molar-refractivity contribution in [1.29, 1.82) is 5.26 Å². The Balaban J connectivity index is 2.01. The monoisotopic (exact) mass is 291 g/mol. The van der Waals surface area contributed by atoms with Gasteiger partial charge in [-0.25, -0.2) is 4.79 Å². The van der Waals surface area contributed by atoms with E-state index in [1.54, 1.807) is 36.4 Å². The molecule has 1 N–H and O–H groups in total. The van der Waals surface area contributed by atoms with Crippen LogP contribution in [0.2, 0.25) is 0 Å². The average molecular weight is 291 g/mol. The lowest BCUT2D eigenvalue weighted by atomic mass is 9.86. The van der Waals surface area contributed by atoms with Crippen molar-refractivity contribution in [1.82, 2.24) is 0 Å². The topological polar surface area (TPSA) is 70.3 Å². The van der Waals surface area contributed by atoms with Crippen molar-refractivity contribution in [2.45, 2.75) is 12.0 Å². The fraction of sp³-hybridized carbons (Fsp3) is 0.111. The fourth-order valence-electron chi connectivity index (χ4n) is 2.63. The first-order valence-corrected chi connectivity index (χ1v) is 6.79. The number of nitrogens with zero attached hydrogens (tertiary/aromatic N) is 1. The first-order chi connectivity index (χ1) is 10.6. The molecular formula is C18H13NO3. The van der Waals surface area contributed by atoms with E-state index in [-0.39, 0.29) is 11.7 Å². The third-order valence-corrected chi connectivity index (χ3v) is 3.79. The number of hydrogen-bond donors (Lipinski definition) is 1. The van der Waals surface area contributed by atoms with E-state index in [2.05, 4.69) is 12.6 Å². The summed E-state index contributed by atoms with van der Waals surface area (Å²) in [5, 5.41) is 18.3. The molecule has 4 nitrogen and oxygen atoms in total. The number of phenolic OH excluding ortho intramolecular Hbond substituents is 1. The van der Waals surface area contributed by atoms with Crippen molar-refractivity contribution in [2.24, 2.45) is 0 Å². The molecular weight excluding hydrogens is 278 g/mol. The summed E-state index contributed by atoms with van der Waals surface area (Å²) in [6.45, 7) is 3.84. The van der Waals surface area contributed by atoms with Crippen LogP contribution in [0.15, 0.2) is 60.7 Å². The van der Waals surface area contributed by atoms with Gasteiger partial charge in [0.05, 0.1) is 17.6 Å². The molecule has 0 unspecified atom stereocenters. The number of phenols is 1. The van der Waals surface area contributed by atoms with Gasteiger partial charge in [0.2, 0.25) is 0 Å². The number of aromatic hydroxyl groups is 1. The van der Waals surface area contributed by atoms with E-state index in [1.807, 2.05) is 12.1 Å². The van der Waals surface area contributed by atoms with E-state index < -0.39 is 12.1 Å². The van der Waals surface area contributed by atoms with E-state index in [1.165, 1.54) is 0 Å². The zero-order valence-electron chi connectivity index (χ0n) is 11.7. The van der Waals surface area contributed by atoms with Crippen LogP contribution in [0.1, 0.15) is 28.7 Å². The van der Waals surface area contributed by atoms with Gasteiger partial charge in [-0.15, -0.1) is 0 Å². The largest absolute Gasteiger partial charge is 0.508 e. The van der Waals surface area contributed by atoms with Crippen LogP contribution >= 0.6 is 0 Å². The molecule has 1 fully saturated rings. The van der Waals surface area contributed by atoms with Gasteiger partial charge >= 0.3 is 5.97 Å². The molecule has 4 heteroatoms. The summed E-state index contributed by atoms with van der Waals surface area (Å²) in [5.74, 6) is -0.570. The third kappa shape index (κ3) is 2.33. The highest BCUT2D eigenvalue weighted by atomic mass is 16.6. The van der Waals surface area contributed by atoms with Crippen molar-refractivity contribution in [3.8, 4) is 11.8 Å². The highest BCUT2D eigenvalue weighted by molar-refractivity contribution is 5.92. The van der Waals surface area contributed by atoms with Crippen LogP contribution in [0, 0.1) is 11.3 Å². The minimum absolute atomic E-state index is 0.154. The number of ether oxygens (including phenoxy) is 1. The molecule has 0 spiro atoms. The lowest BCUT2D eigenvalue weighted by Gasteiger charge is -2.18. The Labute approximate surface area is 127 Å². The number of cyclic esters (lactones) is 1. The minimum atomic E-state index is -0.478. The van der Waals surface area contributed by atoms with E-state index in [9.17, 15) is 9.90 Å². The quantitative estimate of drug-likeness (QED) is 0.681. The van der Waals surface area contributed by atoms with Gasteiger partial charge in [0.1, 0.15) is 11.9 Å². The molecule has 1 aliphatic heterocycles. The highest BCUT2D eigenvalue weighted by Gasteiger charge is 2.40. The van der Waals surface area contributed by atoms with Crippen LogP contribution in [0.25, 0.3) is 0 Å². The Morgan fingerprint density at radius 3 is 2.23 bits per heavy atom. The summed E-state index contributed by atoms with van der Waals surface area (Å²) in [6, 6.07) is 15.7. The van der Waals surface area contributed by atoms with Gasteiger partial charge in [-0.1, -0.05) is 30.8 Å². The lowest BCUT2D eigenvalue weighted by Crippen LogP contribution is -2.07. The Morgan fingerprint density at radius 1 is 1.05 bits per heavy atom. The van der Waals surface area contributed by atoms with Gasteiger partial charge in [-0.2, -0.15) is 5.26 Å². The van der Waals surface area contributed by atoms with Crippen molar-refractivity contribution in [2.75, 3.05) is 0 Å². The number of esters is 1. The molecule has 22 heavy (non-hydrogen) atoms. The lowest BCUT2D eigenvalue weighted by molar-refractivity contribution is -0.139. The number of rotatable bonds is 2. The second-order valence-electron chi connectivity index (χ2n) is 5.15. The standard InChI is InChI=1S/C18H13NO3/c1-11-16(13-4-2-12(10-19)3-5-13)17(22-18(11)21)14-6-8-15(20)9-7-14/h2-9,16-17,20H,1H2/t16-,17+/m0/s1. The molecule has 108 valence electrons. The van der Waals surface area contributed by atoms with Crippen LogP contribution in [-0.2, 0) is 9.53 Å². The van der Waals surface area contributed by atoms with E-state index >= 15 is 0 Å². The normalized spacial score (nSPS) is 20.5.